The molecule has 1 unspecified atom stereocenters. The third-order valence-electron chi connectivity index (χ3n) is 3.56. The lowest BCUT2D eigenvalue weighted by Gasteiger charge is -2.21. The molecule has 0 saturated carbocycles. The number of nitrogens with zero attached hydrogens (tertiary/aromatic N) is 4. The van der Waals surface area contributed by atoms with E-state index in [1.807, 2.05) is 7.05 Å². The van der Waals surface area contributed by atoms with Gasteiger partial charge in [0.05, 0.1) is 6.61 Å². The Balaban J connectivity index is 2.16. The van der Waals surface area contributed by atoms with Gasteiger partial charge in [0.25, 0.3) is 0 Å². The second kappa shape index (κ2) is 7.26. The Morgan fingerprint density at radius 3 is 2.85 bits per heavy atom. The van der Waals surface area contributed by atoms with Gasteiger partial charge in [-0.05, 0) is 31.6 Å². The van der Waals surface area contributed by atoms with Crippen molar-refractivity contribution in [3.63, 3.8) is 0 Å². The first kappa shape index (κ1) is 14.8. The van der Waals surface area contributed by atoms with Crippen molar-refractivity contribution in [2.75, 3.05) is 37.0 Å². The number of nitrogens with one attached hydrogen (secondary N) is 1. The monoisotopic (exact) mass is 279 g/mol. The van der Waals surface area contributed by atoms with Gasteiger partial charge in [0.15, 0.2) is 0 Å². The number of hydrogen-bond acceptors (Lipinski definition) is 6. The molecule has 0 spiro atoms. The van der Waals surface area contributed by atoms with Crippen LogP contribution in [-0.4, -0.2) is 41.7 Å². The SMILES string of the molecule is CCCOc1nc(NC)nc(N2CCCC(C)CC2)n1. The fourth-order valence-electron chi connectivity index (χ4n) is 2.32. The van der Waals surface area contributed by atoms with Gasteiger partial charge in [-0.25, -0.2) is 0 Å². The molecule has 2 rings (SSSR count). The lowest BCUT2D eigenvalue weighted by molar-refractivity contribution is 0.292. The predicted molar refractivity (Wildman–Crippen MR) is 80.4 cm³/mol. The summed E-state index contributed by atoms with van der Waals surface area (Å²) < 4.78 is 5.55. The Labute approximate surface area is 121 Å². The second-order valence-electron chi connectivity index (χ2n) is 5.36. The number of anilines is 2. The van der Waals surface area contributed by atoms with Crippen LogP contribution < -0.4 is 15.0 Å². The maximum Gasteiger partial charge on any atom is 0.323 e. The van der Waals surface area contributed by atoms with Crippen molar-refractivity contribution >= 4 is 11.9 Å². The number of rotatable bonds is 5. The van der Waals surface area contributed by atoms with E-state index >= 15 is 0 Å². The highest BCUT2D eigenvalue weighted by molar-refractivity contribution is 5.38. The van der Waals surface area contributed by atoms with Gasteiger partial charge in [-0.2, -0.15) is 15.0 Å². The molecule has 0 amide bonds. The van der Waals surface area contributed by atoms with Crippen molar-refractivity contribution in [3.8, 4) is 6.01 Å². The van der Waals surface area contributed by atoms with Crippen LogP contribution in [0.25, 0.3) is 0 Å². The minimum absolute atomic E-state index is 0.415. The lowest BCUT2D eigenvalue weighted by atomic mass is 10.0. The smallest absolute Gasteiger partial charge is 0.323 e. The van der Waals surface area contributed by atoms with Crippen molar-refractivity contribution in [2.24, 2.45) is 5.92 Å². The van der Waals surface area contributed by atoms with Crippen LogP contribution in [0, 0.1) is 5.92 Å². The highest BCUT2D eigenvalue weighted by atomic mass is 16.5. The Kier molecular flexibility index (Phi) is 5.38. The summed E-state index contributed by atoms with van der Waals surface area (Å²) in [6.07, 6.45) is 4.59. The quantitative estimate of drug-likeness (QED) is 0.892. The van der Waals surface area contributed by atoms with E-state index < -0.39 is 0 Å². The molecule has 1 fully saturated rings. The topological polar surface area (TPSA) is 63.2 Å². The van der Waals surface area contributed by atoms with Gasteiger partial charge in [-0.1, -0.05) is 13.8 Å². The van der Waals surface area contributed by atoms with Crippen molar-refractivity contribution in [3.05, 3.63) is 0 Å². The molecule has 1 aliphatic heterocycles. The first-order chi connectivity index (χ1) is 9.72. The van der Waals surface area contributed by atoms with E-state index in [4.69, 9.17) is 4.74 Å². The number of aromatic nitrogens is 3. The van der Waals surface area contributed by atoms with E-state index in [0.29, 0.717) is 18.6 Å². The number of ether oxygens (including phenoxy) is 1. The molecule has 1 aliphatic rings. The summed E-state index contributed by atoms with van der Waals surface area (Å²) in [5, 5.41) is 2.98. The van der Waals surface area contributed by atoms with Crippen LogP contribution in [0.4, 0.5) is 11.9 Å². The average molecular weight is 279 g/mol. The van der Waals surface area contributed by atoms with E-state index in [-0.39, 0.29) is 0 Å². The largest absolute Gasteiger partial charge is 0.463 e. The van der Waals surface area contributed by atoms with Crippen LogP contribution in [0.2, 0.25) is 0 Å². The van der Waals surface area contributed by atoms with Crippen molar-refractivity contribution in [2.45, 2.75) is 39.5 Å². The third kappa shape index (κ3) is 3.95. The first-order valence-corrected chi connectivity index (χ1v) is 7.54. The van der Waals surface area contributed by atoms with E-state index in [1.54, 1.807) is 0 Å². The van der Waals surface area contributed by atoms with Gasteiger partial charge in [-0.15, -0.1) is 0 Å². The maximum atomic E-state index is 5.55. The fraction of sp³-hybridized carbons (Fsp3) is 0.786. The standard InChI is InChI=1S/C14H25N5O/c1-4-10-20-14-17-12(15-3)16-13(18-14)19-8-5-6-11(2)7-9-19/h11H,4-10H2,1-3H3,(H,15,16,17,18). The minimum atomic E-state index is 0.415. The zero-order valence-electron chi connectivity index (χ0n) is 12.7. The third-order valence-corrected chi connectivity index (χ3v) is 3.56. The summed E-state index contributed by atoms with van der Waals surface area (Å²) in [4.78, 5) is 15.4. The Bertz CT molecular complexity index is 426. The Morgan fingerprint density at radius 2 is 2.10 bits per heavy atom. The molecular formula is C14H25N5O. The predicted octanol–water partition coefficient (Wildman–Crippen LogP) is 2.33. The molecule has 1 aromatic heterocycles. The van der Waals surface area contributed by atoms with Crippen molar-refractivity contribution in [1.29, 1.82) is 0 Å². The van der Waals surface area contributed by atoms with Gasteiger partial charge in [-0.3, -0.25) is 0 Å². The van der Waals surface area contributed by atoms with Crippen LogP contribution in [0.15, 0.2) is 0 Å². The first-order valence-electron chi connectivity index (χ1n) is 7.54. The normalized spacial score (nSPS) is 19.6. The molecule has 1 atom stereocenters. The molecule has 0 aliphatic carbocycles. The fourth-order valence-corrected chi connectivity index (χ4v) is 2.32. The molecule has 6 heteroatoms. The Hall–Kier alpha value is -1.59. The van der Waals surface area contributed by atoms with Crippen LogP contribution in [0.5, 0.6) is 6.01 Å². The van der Waals surface area contributed by atoms with E-state index in [2.05, 4.69) is 39.0 Å². The molecule has 6 nitrogen and oxygen atoms in total. The Morgan fingerprint density at radius 1 is 1.25 bits per heavy atom. The minimum Gasteiger partial charge on any atom is -0.463 e. The van der Waals surface area contributed by atoms with Gasteiger partial charge >= 0.3 is 6.01 Å². The zero-order valence-corrected chi connectivity index (χ0v) is 12.7. The van der Waals surface area contributed by atoms with Crippen molar-refractivity contribution < 1.29 is 4.74 Å². The molecule has 1 aromatic rings. The van der Waals surface area contributed by atoms with Crippen LogP contribution in [0.1, 0.15) is 39.5 Å². The van der Waals surface area contributed by atoms with Crippen LogP contribution in [0.3, 0.4) is 0 Å². The summed E-state index contributed by atoms with van der Waals surface area (Å²) in [7, 11) is 1.81. The average Bonchev–Trinajstić information content (AvgIpc) is 2.69. The molecule has 0 radical (unpaired) electrons. The van der Waals surface area contributed by atoms with Crippen LogP contribution >= 0.6 is 0 Å². The maximum absolute atomic E-state index is 5.55. The molecule has 1 saturated heterocycles. The zero-order chi connectivity index (χ0) is 14.4. The second-order valence-corrected chi connectivity index (χ2v) is 5.36. The summed E-state index contributed by atoms with van der Waals surface area (Å²) in [6, 6.07) is 0.415. The van der Waals surface area contributed by atoms with E-state index in [9.17, 15) is 0 Å². The highest BCUT2D eigenvalue weighted by Crippen LogP contribution is 2.21. The summed E-state index contributed by atoms with van der Waals surface area (Å²) in [5.41, 5.74) is 0. The van der Waals surface area contributed by atoms with Gasteiger partial charge in [0.2, 0.25) is 11.9 Å². The summed E-state index contributed by atoms with van der Waals surface area (Å²) in [6.45, 7) is 7.01. The van der Waals surface area contributed by atoms with E-state index in [0.717, 1.165) is 31.4 Å². The van der Waals surface area contributed by atoms with Crippen molar-refractivity contribution in [1.82, 2.24) is 15.0 Å². The highest BCUT2D eigenvalue weighted by Gasteiger charge is 2.18. The molecular weight excluding hydrogens is 254 g/mol. The van der Waals surface area contributed by atoms with E-state index in [1.165, 1.54) is 19.3 Å². The lowest BCUT2D eigenvalue weighted by Crippen LogP contribution is -2.27. The van der Waals surface area contributed by atoms with Gasteiger partial charge in [0, 0.05) is 20.1 Å². The summed E-state index contributed by atoms with van der Waals surface area (Å²) >= 11 is 0. The summed E-state index contributed by atoms with van der Waals surface area (Å²) in [5.74, 6) is 2.07. The number of hydrogen-bond donors (Lipinski definition) is 1. The van der Waals surface area contributed by atoms with Gasteiger partial charge in [0.1, 0.15) is 0 Å². The molecule has 0 bridgehead atoms. The van der Waals surface area contributed by atoms with Crippen LogP contribution in [-0.2, 0) is 0 Å². The molecule has 0 aromatic carbocycles. The van der Waals surface area contributed by atoms with Gasteiger partial charge < -0.3 is 15.0 Å². The molecule has 20 heavy (non-hydrogen) atoms. The molecule has 112 valence electrons. The molecule has 1 N–H and O–H groups in total. The molecule has 2 heterocycles.